The number of thioether (sulfide) groups is 1. The van der Waals surface area contributed by atoms with Crippen LogP contribution in [0.3, 0.4) is 0 Å². The van der Waals surface area contributed by atoms with Gasteiger partial charge in [0.2, 0.25) is 0 Å². The predicted octanol–water partition coefficient (Wildman–Crippen LogP) is 5.21. The second-order valence-electron chi connectivity index (χ2n) is 4.44. The van der Waals surface area contributed by atoms with Crippen LogP contribution >= 0.6 is 24.0 Å². The van der Waals surface area contributed by atoms with Crippen LogP contribution in [-0.4, -0.2) is 17.5 Å². The highest BCUT2D eigenvalue weighted by atomic mass is 32.2. The number of nitrogens with one attached hydrogen (secondary N) is 2. The molecule has 0 heterocycles. The molecule has 122 valence electrons. The Labute approximate surface area is 143 Å². The van der Waals surface area contributed by atoms with E-state index in [-0.39, 0.29) is 0 Å². The molecular formula is C16H16F2N2OS2. The molecule has 0 radical (unpaired) electrons. The van der Waals surface area contributed by atoms with E-state index in [1.54, 1.807) is 24.3 Å². The van der Waals surface area contributed by atoms with Crippen LogP contribution in [0.1, 0.15) is 6.92 Å². The SMILES string of the molecule is CCOc1ccc(NC(=S)Nc2ccc(SC(F)F)cc2)cc1. The van der Waals surface area contributed by atoms with Crippen LogP contribution in [-0.2, 0) is 0 Å². The third-order valence-corrected chi connectivity index (χ3v) is 3.69. The fraction of sp³-hybridized carbons (Fsp3) is 0.188. The number of alkyl halides is 2. The van der Waals surface area contributed by atoms with E-state index in [0.29, 0.717) is 28.4 Å². The number of anilines is 2. The van der Waals surface area contributed by atoms with Crippen LogP contribution in [0.4, 0.5) is 20.2 Å². The Hall–Kier alpha value is -1.86. The van der Waals surface area contributed by atoms with Gasteiger partial charge in [-0.1, -0.05) is 11.8 Å². The maximum Gasteiger partial charge on any atom is 0.288 e. The van der Waals surface area contributed by atoms with Crippen molar-refractivity contribution in [2.24, 2.45) is 0 Å². The molecule has 0 saturated carbocycles. The number of benzene rings is 2. The Balaban J connectivity index is 1.88. The van der Waals surface area contributed by atoms with Gasteiger partial charge in [-0.15, -0.1) is 0 Å². The monoisotopic (exact) mass is 354 g/mol. The summed E-state index contributed by atoms with van der Waals surface area (Å²) >= 11 is 5.74. The summed E-state index contributed by atoms with van der Waals surface area (Å²) in [4.78, 5) is 0.510. The van der Waals surface area contributed by atoms with Crippen molar-refractivity contribution in [1.82, 2.24) is 0 Å². The quantitative estimate of drug-likeness (QED) is 0.550. The smallest absolute Gasteiger partial charge is 0.288 e. The summed E-state index contributed by atoms with van der Waals surface area (Å²) in [5, 5.41) is 6.47. The lowest BCUT2D eigenvalue weighted by Crippen LogP contribution is -2.18. The van der Waals surface area contributed by atoms with Crippen molar-refractivity contribution in [2.75, 3.05) is 17.2 Å². The lowest BCUT2D eigenvalue weighted by molar-refractivity contribution is 0.252. The lowest BCUT2D eigenvalue weighted by atomic mass is 10.3. The fourth-order valence-corrected chi connectivity index (χ4v) is 2.55. The fourth-order valence-electron chi connectivity index (χ4n) is 1.81. The molecule has 0 spiro atoms. The van der Waals surface area contributed by atoms with Gasteiger partial charge in [0.25, 0.3) is 5.76 Å². The standard InChI is InChI=1S/C16H16F2N2OS2/c1-2-21-13-7-3-11(4-8-13)19-16(22)20-12-5-9-14(10-6-12)23-15(17)18/h3-10,15H,2H2,1H3,(H2,19,20,22). The molecule has 0 saturated heterocycles. The second kappa shape index (κ2) is 8.69. The molecule has 23 heavy (non-hydrogen) atoms. The molecule has 3 nitrogen and oxygen atoms in total. The molecule has 0 atom stereocenters. The second-order valence-corrected chi connectivity index (χ2v) is 5.91. The summed E-state index contributed by atoms with van der Waals surface area (Å²) in [5.74, 6) is -1.62. The molecule has 2 N–H and O–H groups in total. The van der Waals surface area contributed by atoms with Gasteiger partial charge in [0.15, 0.2) is 5.11 Å². The van der Waals surface area contributed by atoms with Gasteiger partial charge >= 0.3 is 0 Å². The zero-order valence-electron chi connectivity index (χ0n) is 12.4. The van der Waals surface area contributed by atoms with E-state index in [1.165, 1.54) is 0 Å². The van der Waals surface area contributed by atoms with E-state index in [1.807, 2.05) is 31.2 Å². The maximum atomic E-state index is 12.3. The molecule has 0 aliphatic heterocycles. The first-order valence-electron chi connectivity index (χ1n) is 6.92. The van der Waals surface area contributed by atoms with Gasteiger partial charge in [-0.2, -0.15) is 8.78 Å². The van der Waals surface area contributed by atoms with Gasteiger partial charge in [-0.25, -0.2) is 0 Å². The first-order chi connectivity index (χ1) is 11.1. The summed E-state index contributed by atoms with van der Waals surface area (Å²) in [6.45, 7) is 2.54. The Morgan fingerprint density at radius 1 is 1.04 bits per heavy atom. The van der Waals surface area contributed by atoms with Gasteiger partial charge in [0.05, 0.1) is 6.61 Å². The number of ether oxygens (including phenoxy) is 1. The van der Waals surface area contributed by atoms with Gasteiger partial charge in [-0.05, 0) is 67.7 Å². The first kappa shape index (κ1) is 17.5. The zero-order valence-corrected chi connectivity index (χ0v) is 14.0. The van der Waals surface area contributed by atoms with Crippen molar-refractivity contribution < 1.29 is 13.5 Å². The summed E-state index contributed by atoms with van der Waals surface area (Å²) in [6.07, 6.45) is 0. The van der Waals surface area contributed by atoms with Crippen molar-refractivity contribution in [3.8, 4) is 5.75 Å². The van der Waals surface area contributed by atoms with Crippen molar-refractivity contribution in [1.29, 1.82) is 0 Å². The van der Waals surface area contributed by atoms with E-state index in [2.05, 4.69) is 10.6 Å². The maximum absolute atomic E-state index is 12.3. The topological polar surface area (TPSA) is 33.3 Å². The minimum absolute atomic E-state index is 0.420. The molecule has 0 amide bonds. The number of hydrogen-bond acceptors (Lipinski definition) is 3. The van der Waals surface area contributed by atoms with Gasteiger partial charge < -0.3 is 15.4 Å². The molecule has 0 aliphatic rings. The Morgan fingerprint density at radius 2 is 1.57 bits per heavy atom. The van der Waals surface area contributed by atoms with Crippen molar-refractivity contribution >= 4 is 40.5 Å². The van der Waals surface area contributed by atoms with Crippen molar-refractivity contribution in [3.63, 3.8) is 0 Å². The van der Waals surface area contributed by atoms with Gasteiger partial charge in [0, 0.05) is 16.3 Å². The zero-order chi connectivity index (χ0) is 16.7. The van der Waals surface area contributed by atoms with Crippen LogP contribution in [0.2, 0.25) is 0 Å². The Kier molecular flexibility index (Phi) is 6.61. The molecule has 0 bridgehead atoms. The van der Waals surface area contributed by atoms with Gasteiger partial charge in [-0.3, -0.25) is 0 Å². The molecule has 0 fully saturated rings. The van der Waals surface area contributed by atoms with Crippen LogP contribution in [0, 0.1) is 0 Å². The number of halogens is 2. The van der Waals surface area contributed by atoms with E-state index >= 15 is 0 Å². The number of rotatable bonds is 6. The van der Waals surface area contributed by atoms with Crippen LogP contribution < -0.4 is 15.4 Å². The van der Waals surface area contributed by atoms with Crippen LogP contribution in [0.5, 0.6) is 5.75 Å². The number of hydrogen-bond donors (Lipinski definition) is 2. The van der Waals surface area contributed by atoms with E-state index in [0.717, 1.165) is 17.1 Å². The van der Waals surface area contributed by atoms with Crippen molar-refractivity contribution in [2.45, 2.75) is 17.6 Å². The molecular weight excluding hydrogens is 338 g/mol. The Bertz CT molecular complexity index is 634. The third kappa shape index (κ3) is 6.03. The molecule has 2 rings (SSSR count). The lowest BCUT2D eigenvalue weighted by Gasteiger charge is -2.11. The largest absolute Gasteiger partial charge is 0.494 e. The normalized spacial score (nSPS) is 10.4. The summed E-state index contributed by atoms with van der Waals surface area (Å²) < 4.78 is 29.9. The predicted molar refractivity (Wildman–Crippen MR) is 95.8 cm³/mol. The molecule has 0 aliphatic carbocycles. The highest BCUT2D eigenvalue weighted by Crippen LogP contribution is 2.26. The van der Waals surface area contributed by atoms with Crippen molar-refractivity contribution in [3.05, 3.63) is 48.5 Å². The molecule has 7 heteroatoms. The summed E-state index contributed by atoms with van der Waals surface area (Å²) in [7, 11) is 0. The van der Waals surface area contributed by atoms with E-state index < -0.39 is 5.76 Å². The first-order valence-corrected chi connectivity index (χ1v) is 8.21. The molecule has 0 unspecified atom stereocenters. The van der Waals surface area contributed by atoms with Crippen LogP contribution in [0.15, 0.2) is 53.4 Å². The minimum atomic E-state index is -2.42. The highest BCUT2D eigenvalue weighted by Gasteiger charge is 2.05. The van der Waals surface area contributed by atoms with E-state index in [4.69, 9.17) is 17.0 Å². The summed E-state index contributed by atoms with van der Waals surface area (Å²) in [5.41, 5.74) is 1.56. The minimum Gasteiger partial charge on any atom is -0.494 e. The summed E-state index contributed by atoms with van der Waals surface area (Å²) in [6, 6.07) is 14.1. The third-order valence-electron chi connectivity index (χ3n) is 2.76. The molecule has 0 aromatic heterocycles. The van der Waals surface area contributed by atoms with E-state index in [9.17, 15) is 8.78 Å². The highest BCUT2D eigenvalue weighted by molar-refractivity contribution is 7.99. The molecule has 2 aromatic rings. The average Bonchev–Trinajstić information content (AvgIpc) is 2.51. The average molecular weight is 354 g/mol. The molecule has 2 aromatic carbocycles. The van der Waals surface area contributed by atoms with Crippen LogP contribution in [0.25, 0.3) is 0 Å². The number of thiocarbonyl (C=S) groups is 1. The Morgan fingerprint density at radius 3 is 2.04 bits per heavy atom. The van der Waals surface area contributed by atoms with Gasteiger partial charge in [0.1, 0.15) is 5.75 Å².